The maximum Gasteiger partial charge on any atom is 0.317 e. The van der Waals surface area contributed by atoms with Gasteiger partial charge in [0.2, 0.25) is 0 Å². The van der Waals surface area contributed by atoms with Gasteiger partial charge in [-0.15, -0.1) is 0 Å². The van der Waals surface area contributed by atoms with E-state index in [1.807, 2.05) is 29.2 Å². The first kappa shape index (κ1) is 19.5. The predicted octanol–water partition coefficient (Wildman–Crippen LogP) is 4.29. The molecule has 1 saturated heterocycles. The topological polar surface area (TPSA) is 35.6 Å². The van der Waals surface area contributed by atoms with Gasteiger partial charge >= 0.3 is 6.03 Å². The number of piperazine rings is 1. The van der Waals surface area contributed by atoms with Crippen LogP contribution in [-0.2, 0) is 5.41 Å². The number of anilines is 1. The number of hydrogen-bond donors (Lipinski definition) is 1. The van der Waals surface area contributed by atoms with Crippen molar-refractivity contribution in [1.82, 2.24) is 10.2 Å². The highest BCUT2D eigenvalue weighted by molar-refractivity contribution is 6.30. The van der Waals surface area contributed by atoms with E-state index in [-0.39, 0.29) is 17.3 Å². The Labute approximate surface area is 164 Å². The van der Waals surface area contributed by atoms with Crippen LogP contribution in [0.3, 0.4) is 0 Å². The highest BCUT2D eigenvalue weighted by atomic mass is 35.5. The molecule has 27 heavy (non-hydrogen) atoms. The summed E-state index contributed by atoms with van der Waals surface area (Å²) in [5, 5.41) is 3.76. The number of carbonyl (C=O) groups excluding carboxylic acids is 1. The molecule has 0 aliphatic carbocycles. The molecule has 1 aliphatic heterocycles. The molecule has 0 atom stereocenters. The third-order valence-corrected chi connectivity index (χ3v) is 5.32. The van der Waals surface area contributed by atoms with Crippen molar-refractivity contribution in [3.8, 4) is 0 Å². The van der Waals surface area contributed by atoms with Crippen molar-refractivity contribution in [2.24, 2.45) is 0 Å². The molecule has 1 heterocycles. The van der Waals surface area contributed by atoms with Crippen LogP contribution in [0.25, 0.3) is 0 Å². The van der Waals surface area contributed by atoms with E-state index in [9.17, 15) is 9.18 Å². The van der Waals surface area contributed by atoms with E-state index >= 15 is 0 Å². The van der Waals surface area contributed by atoms with Gasteiger partial charge in [0.05, 0.1) is 0 Å². The van der Waals surface area contributed by atoms with Crippen molar-refractivity contribution in [1.29, 1.82) is 0 Å². The third kappa shape index (κ3) is 4.92. The Kier molecular flexibility index (Phi) is 5.90. The fraction of sp³-hybridized carbons (Fsp3) is 0.381. The van der Waals surface area contributed by atoms with Crippen molar-refractivity contribution in [3.63, 3.8) is 0 Å². The van der Waals surface area contributed by atoms with Crippen LogP contribution in [0.5, 0.6) is 0 Å². The number of carbonyl (C=O) groups is 1. The van der Waals surface area contributed by atoms with Crippen LogP contribution in [0.4, 0.5) is 14.9 Å². The number of urea groups is 1. The summed E-state index contributed by atoms with van der Waals surface area (Å²) < 4.78 is 13.1. The lowest BCUT2D eigenvalue weighted by atomic mass is 9.85. The van der Waals surface area contributed by atoms with Crippen LogP contribution in [0.2, 0.25) is 5.02 Å². The molecule has 0 aromatic heterocycles. The average molecular weight is 390 g/mol. The second kappa shape index (κ2) is 8.17. The predicted molar refractivity (Wildman–Crippen MR) is 108 cm³/mol. The zero-order chi connectivity index (χ0) is 19.4. The molecule has 6 heteroatoms. The molecule has 2 amide bonds. The molecule has 3 rings (SSSR count). The molecular weight excluding hydrogens is 365 g/mol. The van der Waals surface area contributed by atoms with Gasteiger partial charge in [-0.05, 0) is 42.0 Å². The zero-order valence-corrected chi connectivity index (χ0v) is 16.5. The van der Waals surface area contributed by atoms with Gasteiger partial charge in [-0.1, -0.05) is 37.6 Å². The molecule has 144 valence electrons. The molecule has 4 nitrogen and oxygen atoms in total. The number of amides is 2. The summed E-state index contributed by atoms with van der Waals surface area (Å²) in [6.07, 6.45) is 0. The number of rotatable bonds is 4. The summed E-state index contributed by atoms with van der Waals surface area (Å²) in [4.78, 5) is 16.5. The third-order valence-electron chi connectivity index (χ3n) is 5.07. The van der Waals surface area contributed by atoms with Crippen LogP contribution in [0.1, 0.15) is 19.4 Å². The Morgan fingerprint density at radius 1 is 1.04 bits per heavy atom. The van der Waals surface area contributed by atoms with Gasteiger partial charge in [0.25, 0.3) is 0 Å². The van der Waals surface area contributed by atoms with E-state index in [4.69, 9.17) is 11.6 Å². The van der Waals surface area contributed by atoms with E-state index in [0.29, 0.717) is 24.7 Å². The Hall–Kier alpha value is -2.27. The van der Waals surface area contributed by atoms with Gasteiger partial charge < -0.3 is 15.1 Å². The highest BCUT2D eigenvalue weighted by Gasteiger charge is 2.25. The van der Waals surface area contributed by atoms with E-state index in [1.54, 1.807) is 12.1 Å². The maximum absolute atomic E-state index is 13.1. The Balaban J connectivity index is 1.50. The van der Waals surface area contributed by atoms with Crippen LogP contribution in [-0.4, -0.2) is 43.7 Å². The number of hydrogen-bond acceptors (Lipinski definition) is 2. The summed E-state index contributed by atoms with van der Waals surface area (Å²) in [6, 6.07) is 14.2. The van der Waals surface area contributed by atoms with Crippen LogP contribution in [0, 0.1) is 5.82 Å². The second-order valence-corrected chi connectivity index (χ2v) is 7.94. The first-order valence-corrected chi connectivity index (χ1v) is 9.52. The molecule has 0 spiro atoms. The monoisotopic (exact) mass is 389 g/mol. The molecule has 1 aliphatic rings. The lowest BCUT2D eigenvalue weighted by Crippen LogP contribution is -2.53. The Morgan fingerprint density at radius 3 is 2.22 bits per heavy atom. The molecule has 0 bridgehead atoms. The molecule has 1 fully saturated rings. The minimum Gasteiger partial charge on any atom is -0.368 e. The average Bonchev–Trinajstić information content (AvgIpc) is 2.67. The van der Waals surface area contributed by atoms with Gasteiger partial charge in [0.15, 0.2) is 0 Å². The number of nitrogens with zero attached hydrogens (tertiary/aromatic N) is 2. The summed E-state index contributed by atoms with van der Waals surface area (Å²) >= 11 is 5.96. The quantitative estimate of drug-likeness (QED) is 0.846. The molecular formula is C21H25ClFN3O. The van der Waals surface area contributed by atoms with E-state index in [1.165, 1.54) is 12.1 Å². The summed E-state index contributed by atoms with van der Waals surface area (Å²) in [5.41, 5.74) is 1.93. The van der Waals surface area contributed by atoms with Crippen molar-refractivity contribution in [2.45, 2.75) is 19.3 Å². The Morgan fingerprint density at radius 2 is 1.63 bits per heavy atom. The minimum absolute atomic E-state index is 0.0456. The number of benzene rings is 2. The first-order chi connectivity index (χ1) is 12.8. The van der Waals surface area contributed by atoms with E-state index in [2.05, 4.69) is 24.1 Å². The molecule has 0 unspecified atom stereocenters. The standard InChI is InChI=1S/C21H25ClFN3O/c1-21(2,16-3-5-17(22)6-4-16)15-24-20(27)26-13-11-25(12-14-26)19-9-7-18(23)8-10-19/h3-10H,11-15H2,1-2H3,(H,24,27). The van der Waals surface area contributed by atoms with Crippen molar-refractivity contribution < 1.29 is 9.18 Å². The van der Waals surface area contributed by atoms with Crippen LogP contribution < -0.4 is 10.2 Å². The molecule has 1 N–H and O–H groups in total. The first-order valence-electron chi connectivity index (χ1n) is 9.14. The van der Waals surface area contributed by atoms with Crippen LogP contribution in [0.15, 0.2) is 48.5 Å². The molecule has 2 aromatic carbocycles. The number of halogens is 2. The van der Waals surface area contributed by atoms with Gasteiger partial charge in [-0.3, -0.25) is 0 Å². The summed E-state index contributed by atoms with van der Waals surface area (Å²) in [6.45, 7) is 7.51. The van der Waals surface area contributed by atoms with Gasteiger partial charge in [-0.2, -0.15) is 0 Å². The zero-order valence-electron chi connectivity index (χ0n) is 15.7. The van der Waals surface area contributed by atoms with Gasteiger partial charge in [0.1, 0.15) is 5.82 Å². The summed E-state index contributed by atoms with van der Waals surface area (Å²) in [7, 11) is 0. The number of nitrogens with one attached hydrogen (secondary N) is 1. The maximum atomic E-state index is 13.1. The molecule has 0 saturated carbocycles. The van der Waals surface area contributed by atoms with Gasteiger partial charge in [0, 0.05) is 48.8 Å². The largest absolute Gasteiger partial charge is 0.368 e. The summed E-state index contributed by atoms with van der Waals surface area (Å²) in [5.74, 6) is -0.236. The van der Waals surface area contributed by atoms with Crippen molar-refractivity contribution in [3.05, 3.63) is 64.9 Å². The van der Waals surface area contributed by atoms with E-state index in [0.717, 1.165) is 24.3 Å². The fourth-order valence-corrected chi connectivity index (χ4v) is 3.36. The Bertz CT molecular complexity index is 769. The van der Waals surface area contributed by atoms with E-state index < -0.39 is 0 Å². The lowest BCUT2D eigenvalue weighted by Gasteiger charge is -2.36. The fourth-order valence-electron chi connectivity index (χ4n) is 3.23. The normalized spacial score (nSPS) is 15.0. The SMILES string of the molecule is CC(C)(CNC(=O)N1CCN(c2ccc(F)cc2)CC1)c1ccc(Cl)cc1. The molecule has 2 aromatic rings. The van der Waals surface area contributed by atoms with Crippen molar-refractivity contribution >= 4 is 23.3 Å². The van der Waals surface area contributed by atoms with Gasteiger partial charge in [-0.25, -0.2) is 9.18 Å². The van der Waals surface area contributed by atoms with Crippen LogP contribution >= 0.6 is 11.6 Å². The smallest absolute Gasteiger partial charge is 0.317 e. The minimum atomic E-state index is -0.236. The van der Waals surface area contributed by atoms with Crippen molar-refractivity contribution in [2.75, 3.05) is 37.6 Å². The lowest BCUT2D eigenvalue weighted by molar-refractivity contribution is 0.192. The second-order valence-electron chi connectivity index (χ2n) is 7.50. The molecule has 0 radical (unpaired) electrons. The highest BCUT2D eigenvalue weighted by Crippen LogP contribution is 2.24.